The van der Waals surface area contributed by atoms with Gasteiger partial charge in [0.15, 0.2) is 5.75 Å². The van der Waals surface area contributed by atoms with Gasteiger partial charge in [0, 0.05) is 19.0 Å². The van der Waals surface area contributed by atoms with Gasteiger partial charge in [0.1, 0.15) is 6.10 Å². The lowest BCUT2D eigenvalue weighted by Gasteiger charge is -2.12. The maximum absolute atomic E-state index is 11.0. The smallest absolute Gasteiger partial charge is 0.311 e. The normalized spacial score (nSPS) is 18.8. The third-order valence-corrected chi connectivity index (χ3v) is 2.78. The van der Waals surface area contributed by atoms with Gasteiger partial charge < -0.3 is 14.8 Å². The molecule has 0 radical (unpaired) electrons. The lowest BCUT2D eigenvalue weighted by molar-refractivity contribution is -0.386. The highest BCUT2D eigenvalue weighted by atomic mass is 16.6. The summed E-state index contributed by atoms with van der Waals surface area (Å²) in [5.74, 6) is 0.315. The quantitative estimate of drug-likeness (QED) is 0.634. The molecule has 1 aliphatic heterocycles. The number of rotatable bonds is 5. The van der Waals surface area contributed by atoms with Crippen LogP contribution in [-0.2, 0) is 11.3 Å². The van der Waals surface area contributed by atoms with Gasteiger partial charge in [-0.05, 0) is 18.7 Å². The summed E-state index contributed by atoms with van der Waals surface area (Å²) in [6.45, 7) is 1.74. The summed E-state index contributed by atoms with van der Waals surface area (Å²) in [7, 11) is 1.80. The van der Waals surface area contributed by atoms with E-state index in [0.717, 1.165) is 12.0 Å². The number of nitro groups is 1. The summed E-state index contributed by atoms with van der Waals surface area (Å²) < 4.78 is 10.8. The Labute approximate surface area is 105 Å². The van der Waals surface area contributed by atoms with Crippen LogP contribution in [0.1, 0.15) is 12.0 Å². The molecule has 1 aromatic carbocycles. The van der Waals surface area contributed by atoms with Crippen molar-refractivity contribution in [1.82, 2.24) is 5.32 Å². The van der Waals surface area contributed by atoms with Crippen LogP contribution in [0.4, 0.5) is 5.69 Å². The fraction of sp³-hybridized carbons (Fsp3) is 0.500. The molecule has 1 aromatic rings. The molecule has 1 N–H and O–H groups in total. The second-order valence-corrected chi connectivity index (χ2v) is 4.19. The first-order chi connectivity index (χ1) is 8.70. The zero-order valence-electron chi connectivity index (χ0n) is 10.2. The zero-order chi connectivity index (χ0) is 13.0. The topological polar surface area (TPSA) is 73.6 Å². The number of nitrogens with one attached hydrogen (secondary N) is 1. The van der Waals surface area contributed by atoms with Crippen LogP contribution >= 0.6 is 0 Å². The predicted molar refractivity (Wildman–Crippen MR) is 65.7 cm³/mol. The van der Waals surface area contributed by atoms with E-state index in [1.807, 2.05) is 6.07 Å². The van der Waals surface area contributed by atoms with Crippen LogP contribution in [-0.4, -0.2) is 31.3 Å². The van der Waals surface area contributed by atoms with E-state index in [2.05, 4.69) is 5.32 Å². The van der Waals surface area contributed by atoms with Gasteiger partial charge in [0.25, 0.3) is 0 Å². The fourth-order valence-corrected chi connectivity index (χ4v) is 1.90. The minimum absolute atomic E-state index is 0.00894. The average Bonchev–Trinajstić information content (AvgIpc) is 2.84. The van der Waals surface area contributed by atoms with E-state index < -0.39 is 4.92 Å². The summed E-state index contributed by atoms with van der Waals surface area (Å²) in [4.78, 5) is 10.6. The number of benzene rings is 1. The number of hydrogen-bond donors (Lipinski definition) is 1. The monoisotopic (exact) mass is 252 g/mol. The van der Waals surface area contributed by atoms with Crippen LogP contribution in [0.2, 0.25) is 0 Å². The van der Waals surface area contributed by atoms with Gasteiger partial charge in [-0.15, -0.1) is 0 Å². The molecule has 2 rings (SSSR count). The third-order valence-electron chi connectivity index (χ3n) is 2.78. The Hall–Kier alpha value is -1.66. The van der Waals surface area contributed by atoms with E-state index in [1.165, 1.54) is 0 Å². The van der Waals surface area contributed by atoms with Gasteiger partial charge in [-0.1, -0.05) is 6.07 Å². The van der Waals surface area contributed by atoms with Crippen molar-refractivity contribution in [3.8, 4) is 5.75 Å². The maximum Gasteiger partial charge on any atom is 0.311 e. The molecule has 1 fully saturated rings. The Kier molecular flexibility index (Phi) is 4.11. The fourth-order valence-electron chi connectivity index (χ4n) is 1.90. The first-order valence-corrected chi connectivity index (χ1v) is 5.87. The number of hydrogen-bond acceptors (Lipinski definition) is 5. The molecule has 0 bridgehead atoms. The second-order valence-electron chi connectivity index (χ2n) is 4.19. The molecule has 1 saturated heterocycles. The van der Waals surface area contributed by atoms with E-state index in [4.69, 9.17) is 9.47 Å². The molecule has 98 valence electrons. The van der Waals surface area contributed by atoms with Gasteiger partial charge in [-0.3, -0.25) is 10.1 Å². The highest BCUT2D eigenvalue weighted by Crippen LogP contribution is 2.30. The molecule has 0 aromatic heterocycles. The molecule has 1 heterocycles. The van der Waals surface area contributed by atoms with Crippen molar-refractivity contribution in [2.45, 2.75) is 19.1 Å². The molecule has 0 aliphatic carbocycles. The van der Waals surface area contributed by atoms with Gasteiger partial charge in [-0.2, -0.15) is 0 Å². The molecule has 6 nitrogen and oxygen atoms in total. The molecule has 0 saturated carbocycles. The van der Waals surface area contributed by atoms with Crippen molar-refractivity contribution in [1.29, 1.82) is 0 Å². The molecular weight excluding hydrogens is 236 g/mol. The van der Waals surface area contributed by atoms with Gasteiger partial charge in [0.05, 0.1) is 18.1 Å². The molecule has 6 heteroatoms. The van der Waals surface area contributed by atoms with Crippen molar-refractivity contribution in [3.05, 3.63) is 33.9 Å². The largest absolute Gasteiger partial charge is 0.481 e. The van der Waals surface area contributed by atoms with E-state index >= 15 is 0 Å². The predicted octanol–water partition coefficient (Wildman–Crippen LogP) is 1.48. The highest BCUT2D eigenvalue weighted by molar-refractivity contribution is 5.48. The summed E-state index contributed by atoms with van der Waals surface area (Å²) in [5.41, 5.74) is 0.869. The van der Waals surface area contributed by atoms with Crippen LogP contribution in [0.5, 0.6) is 5.75 Å². The van der Waals surface area contributed by atoms with Gasteiger partial charge in [0.2, 0.25) is 0 Å². The van der Waals surface area contributed by atoms with Crippen molar-refractivity contribution in [3.63, 3.8) is 0 Å². The highest BCUT2D eigenvalue weighted by Gasteiger charge is 2.22. The molecule has 1 aliphatic rings. The van der Waals surface area contributed by atoms with Crippen LogP contribution in [0.3, 0.4) is 0 Å². The standard InChI is InChI=1S/C12H16N2O4/c1-13-7-9-2-3-12(11(6-9)14(15)16)18-10-4-5-17-8-10/h2-3,6,10,13H,4-5,7-8H2,1H3. The Balaban J connectivity index is 2.19. The van der Waals surface area contributed by atoms with E-state index in [-0.39, 0.29) is 11.8 Å². The summed E-state index contributed by atoms with van der Waals surface area (Å²) >= 11 is 0. The van der Waals surface area contributed by atoms with Crippen LogP contribution in [0.15, 0.2) is 18.2 Å². The maximum atomic E-state index is 11.0. The van der Waals surface area contributed by atoms with Crippen LogP contribution in [0, 0.1) is 10.1 Å². The Morgan fingerprint density at radius 1 is 1.61 bits per heavy atom. The minimum atomic E-state index is -0.412. The molecule has 0 spiro atoms. The van der Waals surface area contributed by atoms with Crippen LogP contribution < -0.4 is 10.1 Å². The minimum Gasteiger partial charge on any atom is -0.481 e. The third kappa shape index (κ3) is 2.96. The zero-order valence-corrected chi connectivity index (χ0v) is 10.2. The lowest BCUT2D eigenvalue weighted by atomic mass is 10.2. The molecule has 18 heavy (non-hydrogen) atoms. The molecular formula is C12H16N2O4. The van der Waals surface area contributed by atoms with E-state index in [0.29, 0.717) is 25.5 Å². The van der Waals surface area contributed by atoms with Crippen molar-refractivity contribution >= 4 is 5.69 Å². The summed E-state index contributed by atoms with van der Waals surface area (Å²) in [6, 6.07) is 5.03. The van der Waals surface area contributed by atoms with Gasteiger partial charge >= 0.3 is 5.69 Å². The number of nitrogens with zero attached hydrogens (tertiary/aromatic N) is 1. The van der Waals surface area contributed by atoms with Gasteiger partial charge in [-0.25, -0.2) is 0 Å². The van der Waals surface area contributed by atoms with Crippen molar-refractivity contribution in [2.24, 2.45) is 0 Å². The van der Waals surface area contributed by atoms with Crippen molar-refractivity contribution in [2.75, 3.05) is 20.3 Å². The second kappa shape index (κ2) is 5.79. The SMILES string of the molecule is CNCc1ccc(OC2CCOC2)c([N+](=O)[O-])c1. The molecule has 1 unspecified atom stereocenters. The van der Waals surface area contributed by atoms with Crippen LogP contribution in [0.25, 0.3) is 0 Å². The van der Waals surface area contributed by atoms with E-state index in [1.54, 1.807) is 19.2 Å². The summed E-state index contributed by atoms with van der Waals surface area (Å²) in [5, 5.41) is 14.0. The Morgan fingerprint density at radius 2 is 2.44 bits per heavy atom. The molecule has 0 amide bonds. The van der Waals surface area contributed by atoms with E-state index in [9.17, 15) is 10.1 Å². The summed E-state index contributed by atoms with van der Waals surface area (Å²) in [6.07, 6.45) is 0.689. The number of nitro benzene ring substituents is 1. The Morgan fingerprint density at radius 3 is 3.06 bits per heavy atom. The lowest BCUT2D eigenvalue weighted by Crippen LogP contribution is -2.16. The first kappa shape index (κ1) is 12.8. The number of ether oxygens (including phenoxy) is 2. The molecule has 1 atom stereocenters. The first-order valence-electron chi connectivity index (χ1n) is 5.87. The van der Waals surface area contributed by atoms with Crippen molar-refractivity contribution < 1.29 is 14.4 Å². The average molecular weight is 252 g/mol. The Bertz CT molecular complexity index is 430.